The van der Waals surface area contributed by atoms with Crippen LogP contribution in [0.15, 0.2) is 0 Å². The number of hydrogen-bond acceptors (Lipinski definition) is 4. The van der Waals surface area contributed by atoms with Crippen molar-refractivity contribution < 1.29 is 0 Å². The predicted octanol–water partition coefficient (Wildman–Crippen LogP) is 3.93. The Morgan fingerprint density at radius 3 is 2.62 bits per heavy atom. The maximum atomic E-state index is 5.04. The highest BCUT2D eigenvalue weighted by Gasteiger charge is 2.29. The Morgan fingerprint density at radius 2 is 2.05 bits per heavy atom. The van der Waals surface area contributed by atoms with E-state index < -0.39 is 0 Å². The average Bonchev–Trinajstić information content (AvgIpc) is 2.97. The maximum Gasteiger partial charge on any atom is 0.185 e. The van der Waals surface area contributed by atoms with Crippen molar-refractivity contribution in [2.45, 2.75) is 71.4 Å². The molecule has 2 aliphatic rings. The lowest BCUT2D eigenvalue weighted by Crippen LogP contribution is -2.21. The number of anilines is 1. The molecule has 3 rings (SSSR count). The second-order valence-electron chi connectivity index (χ2n) is 7.68. The number of thiazole rings is 1. The maximum absolute atomic E-state index is 5.04. The first kappa shape index (κ1) is 15.3. The van der Waals surface area contributed by atoms with Crippen molar-refractivity contribution in [2.24, 2.45) is 5.92 Å². The minimum Gasteiger partial charge on any atom is -0.348 e. The Balaban J connectivity index is 1.77. The van der Waals surface area contributed by atoms with E-state index >= 15 is 0 Å². The van der Waals surface area contributed by atoms with E-state index in [0.29, 0.717) is 0 Å². The fraction of sp³-hybridized carbons (Fsp3) is 0.824. The highest BCUT2D eigenvalue weighted by atomic mass is 32.1. The van der Waals surface area contributed by atoms with Gasteiger partial charge >= 0.3 is 0 Å². The molecule has 1 saturated carbocycles. The molecule has 1 aliphatic carbocycles. The number of hydrogen-bond donors (Lipinski definition) is 1. The largest absolute Gasteiger partial charge is 0.348 e. The Kier molecular flexibility index (Phi) is 4.28. The van der Waals surface area contributed by atoms with Crippen molar-refractivity contribution in [3.05, 3.63) is 10.6 Å². The first-order valence-corrected chi connectivity index (χ1v) is 9.27. The van der Waals surface area contributed by atoms with Crippen LogP contribution in [0.2, 0.25) is 0 Å². The van der Waals surface area contributed by atoms with E-state index in [-0.39, 0.29) is 5.41 Å². The molecule has 0 spiro atoms. The zero-order valence-corrected chi connectivity index (χ0v) is 14.7. The minimum atomic E-state index is 0.138. The van der Waals surface area contributed by atoms with Gasteiger partial charge in [-0.2, -0.15) is 0 Å². The number of nitrogens with one attached hydrogen (secondary N) is 1. The fourth-order valence-electron chi connectivity index (χ4n) is 3.04. The molecule has 0 bridgehead atoms. The summed E-state index contributed by atoms with van der Waals surface area (Å²) in [6.45, 7) is 12.5. The van der Waals surface area contributed by atoms with Crippen LogP contribution in [-0.4, -0.2) is 24.1 Å². The Hall–Kier alpha value is -0.610. The zero-order chi connectivity index (χ0) is 15.0. The Morgan fingerprint density at radius 1 is 1.29 bits per heavy atom. The molecular formula is C17H29N3S. The van der Waals surface area contributed by atoms with Gasteiger partial charge in [-0.15, -0.1) is 11.3 Å². The van der Waals surface area contributed by atoms with Crippen LogP contribution in [0.3, 0.4) is 0 Å². The van der Waals surface area contributed by atoms with Crippen LogP contribution in [-0.2, 0) is 12.0 Å². The molecule has 21 heavy (non-hydrogen) atoms. The van der Waals surface area contributed by atoms with Gasteiger partial charge in [-0.3, -0.25) is 0 Å². The van der Waals surface area contributed by atoms with Crippen LogP contribution in [0.25, 0.3) is 0 Å². The third-order valence-electron chi connectivity index (χ3n) is 4.66. The fourth-order valence-corrected chi connectivity index (χ4v) is 4.30. The van der Waals surface area contributed by atoms with E-state index in [2.05, 4.69) is 37.9 Å². The molecule has 2 heterocycles. The lowest BCUT2D eigenvalue weighted by atomic mass is 9.91. The lowest BCUT2D eigenvalue weighted by Gasteiger charge is -2.18. The van der Waals surface area contributed by atoms with E-state index in [1.54, 1.807) is 0 Å². The van der Waals surface area contributed by atoms with Crippen LogP contribution < -0.4 is 10.2 Å². The summed E-state index contributed by atoms with van der Waals surface area (Å²) in [5.74, 6) is 0.861. The molecule has 4 heteroatoms. The molecule has 1 aromatic rings. The quantitative estimate of drug-likeness (QED) is 0.893. The summed E-state index contributed by atoms with van der Waals surface area (Å²) in [5, 5.41) is 4.91. The number of nitrogens with zero attached hydrogens (tertiary/aromatic N) is 2. The summed E-state index contributed by atoms with van der Waals surface area (Å²) in [6, 6.07) is 0.764. The van der Waals surface area contributed by atoms with Gasteiger partial charge in [0.25, 0.3) is 0 Å². The predicted molar refractivity (Wildman–Crippen MR) is 91.3 cm³/mol. The molecule has 1 atom stereocenters. The van der Waals surface area contributed by atoms with E-state index in [1.165, 1.54) is 54.5 Å². The average molecular weight is 308 g/mol. The van der Waals surface area contributed by atoms with Gasteiger partial charge in [-0.1, -0.05) is 34.1 Å². The Bertz CT molecular complexity index is 485. The highest BCUT2D eigenvalue weighted by Crippen LogP contribution is 2.36. The van der Waals surface area contributed by atoms with Crippen LogP contribution in [0.5, 0.6) is 0 Å². The summed E-state index contributed by atoms with van der Waals surface area (Å²) in [5.41, 5.74) is 1.44. The molecule has 0 amide bonds. The van der Waals surface area contributed by atoms with E-state index in [0.717, 1.165) is 18.5 Å². The van der Waals surface area contributed by atoms with Crippen molar-refractivity contribution in [1.29, 1.82) is 0 Å². The van der Waals surface area contributed by atoms with Crippen molar-refractivity contribution in [3.63, 3.8) is 0 Å². The number of rotatable bonds is 5. The first-order chi connectivity index (χ1) is 9.97. The SMILES string of the molecule is CCC1CCN(c2nc(C(C)(C)C)c(CNC3CC3)s2)C1. The third kappa shape index (κ3) is 3.59. The van der Waals surface area contributed by atoms with Gasteiger partial charge in [-0.05, 0) is 25.2 Å². The van der Waals surface area contributed by atoms with Crippen molar-refractivity contribution in [1.82, 2.24) is 10.3 Å². The van der Waals surface area contributed by atoms with E-state index in [1.807, 2.05) is 11.3 Å². The zero-order valence-electron chi connectivity index (χ0n) is 13.9. The summed E-state index contributed by atoms with van der Waals surface area (Å²) in [6.07, 6.45) is 5.32. The number of aromatic nitrogens is 1. The monoisotopic (exact) mass is 307 g/mol. The molecule has 1 aromatic heterocycles. The summed E-state index contributed by atoms with van der Waals surface area (Å²) in [4.78, 5) is 8.99. The van der Waals surface area contributed by atoms with Gasteiger partial charge in [0, 0.05) is 36.0 Å². The summed E-state index contributed by atoms with van der Waals surface area (Å²) < 4.78 is 0. The molecule has 0 radical (unpaired) electrons. The van der Waals surface area contributed by atoms with Crippen molar-refractivity contribution >= 4 is 16.5 Å². The topological polar surface area (TPSA) is 28.2 Å². The normalized spacial score (nSPS) is 23.0. The molecule has 3 nitrogen and oxygen atoms in total. The molecule has 1 N–H and O–H groups in total. The summed E-state index contributed by atoms with van der Waals surface area (Å²) >= 11 is 1.92. The van der Waals surface area contributed by atoms with Crippen molar-refractivity contribution in [3.8, 4) is 0 Å². The summed E-state index contributed by atoms with van der Waals surface area (Å²) in [7, 11) is 0. The minimum absolute atomic E-state index is 0.138. The van der Waals surface area contributed by atoms with Gasteiger partial charge < -0.3 is 10.2 Å². The van der Waals surface area contributed by atoms with Crippen LogP contribution in [0.4, 0.5) is 5.13 Å². The molecular weight excluding hydrogens is 278 g/mol. The van der Waals surface area contributed by atoms with Gasteiger partial charge in [0.05, 0.1) is 5.69 Å². The molecule has 1 unspecified atom stereocenters. The second kappa shape index (κ2) is 5.88. The van der Waals surface area contributed by atoms with Gasteiger partial charge in [0.15, 0.2) is 5.13 Å². The van der Waals surface area contributed by atoms with Crippen molar-refractivity contribution in [2.75, 3.05) is 18.0 Å². The second-order valence-corrected chi connectivity index (χ2v) is 8.74. The molecule has 118 valence electrons. The van der Waals surface area contributed by atoms with Crippen LogP contribution in [0, 0.1) is 5.92 Å². The molecule has 1 saturated heterocycles. The first-order valence-electron chi connectivity index (χ1n) is 8.46. The van der Waals surface area contributed by atoms with Gasteiger partial charge in [-0.25, -0.2) is 4.98 Å². The highest BCUT2D eigenvalue weighted by molar-refractivity contribution is 7.15. The van der Waals surface area contributed by atoms with Crippen LogP contribution >= 0.6 is 11.3 Å². The molecule has 0 aromatic carbocycles. The van der Waals surface area contributed by atoms with Crippen LogP contribution in [0.1, 0.15) is 63.9 Å². The van der Waals surface area contributed by atoms with Gasteiger partial charge in [0.2, 0.25) is 0 Å². The smallest absolute Gasteiger partial charge is 0.185 e. The Labute approximate surface area is 133 Å². The standard InChI is InChI=1S/C17H29N3S/c1-5-12-8-9-20(11-12)16-19-15(17(2,3)4)14(21-16)10-18-13-6-7-13/h12-13,18H,5-11H2,1-4H3. The molecule has 2 fully saturated rings. The van der Waals surface area contributed by atoms with Gasteiger partial charge in [0.1, 0.15) is 0 Å². The van der Waals surface area contributed by atoms with E-state index in [9.17, 15) is 0 Å². The van der Waals surface area contributed by atoms with E-state index in [4.69, 9.17) is 4.98 Å². The lowest BCUT2D eigenvalue weighted by molar-refractivity contribution is 0.557. The molecule has 1 aliphatic heterocycles. The third-order valence-corrected chi connectivity index (χ3v) is 5.77.